The van der Waals surface area contributed by atoms with Gasteiger partial charge in [-0.2, -0.15) is 0 Å². The van der Waals surface area contributed by atoms with Crippen molar-refractivity contribution in [3.05, 3.63) is 57.8 Å². The van der Waals surface area contributed by atoms with Gasteiger partial charge in [0.15, 0.2) is 11.3 Å². The van der Waals surface area contributed by atoms with Gasteiger partial charge in [-0.3, -0.25) is 4.79 Å². The lowest BCUT2D eigenvalue weighted by atomic mass is 9.82. The third kappa shape index (κ3) is 3.20. The Morgan fingerprint density at radius 3 is 2.31 bits per heavy atom. The van der Waals surface area contributed by atoms with Crippen LogP contribution in [0.4, 0.5) is 0 Å². The maximum Gasteiger partial charge on any atom is 0.204 e. The highest BCUT2D eigenvalue weighted by Crippen LogP contribution is 2.44. The van der Waals surface area contributed by atoms with Crippen LogP contribution in [0.25, 0.3) is 21.9 Å². The highest BCUT2D eigenvalue weighted by molar-refractivity contribution is 5.99. The van der Waals surface area contributed by atoms with Crippen LogP contribution in [0.1, 0.15) is 38.8 Å². The molecular weight excluding hydrogens is 372 g/mol. The van der Waals surface area contributed by atoms with Gasteiger partial charge in [0, 0.05) is 17.0 Å². The second kappa shape index (κ2) is 6.88. The van der Waals surface area contributed by atoms with E-state index in [4.69, 9.17) is 4.42 Å². The zero-order valence-corrected chi connectivity index (χ0v) is 16.8. The van der Waals surface area contributed by atoms with Crippen molar-refractivity contribution < 1.29 is 24.8 Å². The van der Waals surface area contributed by atoms with E-state index in [0.29, 0.717) is 12.0 Å². The number of phenolic OH excluding ortho intramolecular Hbond substituents is 4. The van der Waals surface area contributed by atoms with Gasteiger partial charge in [0.05, 0.1) is 5.39 Å². The molecule has 3 aromatic rings. The van der Waals surface area contributed by atoms with Crippen LogP contribution in [0.15, 0.2) is 45.6 Å². The number of hydrogen-bond donors (Lipinski definition) is 4. The molecule has 3 rings (SSSR count). The Labute approximate surface area is 167 Å². The van der Waals surface area contributed by atoms with Crippen LogP contribution in [-0.2, 0) is 11.8 Å². The lowest BCUT2D eigenvalue weighted by molar-refractivity contribution is 0.400. The van der Waals surface area contributed by atoms with Gasteiger partial charge in [-0.05, 0) is 31.9 Å². The van der Waals surface area contributed by atoms with Crippen LogP contribution in [-0.4, -0.2) is 20.4 Å². The van der Waals surface area contributed by atoms with Gasteiger partial charge in [-0.15, -0.1) is 6.58 Å². The highest BCUT2D eigenvalue weighted by Gasteiger charge is 2.29. The minimum absolute atomic E-state index is 0.0636. The normalized spacial score (nSPS) is 11.7. The molecule has 0 fully saturated rings. The number of benzene rings is 2. The summed E-state index contributed by atoms with van der Waals surface area (Å²) in [4.78, 5) is 13.4. The van der Waals surface area contributed by atoms with Gasteiger partial charge in [-0.25, -0.2) is 0 Å². The molecule has 1 aromatic heterocycles. The van der Waals surface area contributed by atoms with Crippen molar-refractivity contribution in [2.24, 2.45) is 0 Å². The molecule has 2 aromatic carbocycles. The summed E-state index contributed by atoms with van der Waals surface area (Å²) in [6.07, 6.45) is 3.75. The van der Waals surface area contributed by atoms with Gasteiger partial charge in [0.25, 0.3) is 0 Å². The minimum Gasteiger partial charge on any atom is -0.507 e. The molecular formula is C23H24O6. The molecule has 29 heavy (non-hydrogen) atoms. The van der Waals surface area contributed by atoms with Gasteiger partial charge in [0.1, 0.15) is 22.5 Å². The Morgan fingerprint density at radius 2 is 1.72 bits per heavy atom. The van der Waals surface area contributed by atoms with Crippen LogP contribution < -0.4 is 5.43 Å². The second-order valence-electron chi connectivity index (χ2n) is 7.94. The molecule has 0 aliphatic heterocycles. The van der Waals surface area contributed by atoms with Crippen molar-refractivity contribution >= 4 is 21.9 Å². The molecule has 0 spiro atoms. The summed E-state index contributed by atoms with van der Waals surface area (Å²) >= 11 is 0. The Bertz CT molecular complexity index is 1240. The lowest BCUT2D eigenvalue weighted by Crippen LogP contribution is -2.15. The van der Waals surface area contributed by atoms with Gasteiger partial charge in [0.2, 0.25) is 11.2 Å². The maximum atomic E-state index is 13.4. The van der Waals surface area contributed by atoms with Crippen LogP contribution in [0.3, 0.4) is 0 Å². The molecule has 0 saturated carbocycles. The first-order valence-corrected chi connectivity index (χ1v) is 9.16. The minimum atomic E-state index is -0.814. The van der Waals surface area contributed by atoms with E-state index in [0.717, 1.165) is 5.57 Å². The largest absolute Gasteiger partial charge is 0.507 e. The summed E-state index contributed by atoms with van der Waals surface area (Å²) in [5, 5.41) is 41.6. The standard InChI is InChI=1S/C23H24O6/c1-6-23(4,5)18-13(24)10-15-17(21(18)28)20(27)16-12(8-7-11(2)3)9-14(25)19(26)22(16)29-15/h6-7,9-10,24-26,28H,1,8H2,2-5H3. The molecule has 0 radical (unpaired) electrons. The Morgan fingerprint density at radius 1 is 1.07 bits per heavy atom. The number of aromatic hydroxyl groups is 4. The van der Waals surface area contributed by atoms with E-state index in [2.05, 4.69) is 6.58 Å². The average Bonchev–Trinajstić information content (AvgIpc) is 2.62. The molecule has 0 unspecified atom stereocenters. The van der Waals surface area contributed by atoms with Gasteiger partial charge < -0.3 is 24.8 Å². The topological polar surface area (TPSA) is 111 Å². The van der Waals surface area contributed by atoms with Crippen LogP contribution in [0.2, 0.25) is 0 Å². The van der Waals surface area contributed by atoms with Crippen molar-refractivity contribution in [2.45, 2.75) is 39.5 Å². The number of phenols is 4. The zero-order chi connectivity index (χ0) is 21.7. The number of allylic oxidation sites excluding steroid dienone is 3. The van der Waals surface area contributed by atoms with Crippen molar-refractivity contribution in [3.63, 3.8) is 0 Å². The highest BCUT2D eigenvalue weighted by atomic mass is 16.4. The molecule has 0 aliphatic carbocycles. The van der Waals surface area contributed by atoms with Crippen molar-refractivity contribution in [3.8, 4) is 23.0 Å². The summed E-state index contributed by atoms with van der Waals surface area (Å²) in [5.41, 5.74) is -0.0637. The fourth-order valence-electron chi connectivity index (χ4n) is 3.41. The molecule has 0 aliphatic rings. The average molecular weight is 396 g/mol. The molecule has 0 bridgehead atoms. The Kier molecular flexibility index (Phi) is 4.82. The quantitative estimate of drug-likeness (QED) is 0.288. The van der Waals surface area contributed by atoms with Crippen LogP contribution in [0, 0.1) is 0 Å². The summed E-state index contributed by atoms with van der Waals surface area (Å²) in [6, 6.07) is 2.53. The van der Waals surface area contributed by atoms with E-state index >= 15 is 0 Å². The summed E-state index contributed by atoms with van der Waals surface area (Å²) in [5.74, 6) is -1.67. The van der Waals surface area contributed by atoms with E-state index in [9.17, 15) is 25.2 Å². The van der Waals surface area contributed by atoms with E-state index < -0.39 is 28.1 Å². The number of fused-ring (bicyclic) bond motifs is 2. The van der Waals surface area contributed by atoms with Gasteiger partial charge >= 0.3 is 0 Å². The monoisotopic (exact) mass is 396 g/mol. The molecule has 6 nitrogen and oxygen atoms in total. The van der Waals surface area contributed by atoms with Crippen molar-refractivity contribution in [1.29, 1.82) is 0 Å². The molecule has 0 saturated heterocycles. The molecule has 152 valence electrons. The lowest BCUT2D eigenvalue weighted by Gasteiger charge is -2.23. The van der Waals surface area contributed by atoms with E-state index in [1.807, 2.05) is 19.9 Å². The maximum absolute atomic E-state index is 13.4. The smallest absolute Gasteiger partial charge is 0.204 e. The molecule has 0 atom stereocenters. The number of hydrogen-bond acceptors (Lipinski definition) is 6. The molecule has 0 amide bonds. The Balaban J connectivity index is 2.54. The molecule has 6 heteroatoms. The SMILES string of the molecule is C=CC(C)(C)c1c(O)cc2oc3c(O)c(O)cc(CC=C(C)C)c3c(=O)c2c1O. The fourth-order valence-corrected chi connectivity index (χ4v) is 3.41. The summed E-state index contributed by atoms with van der Waals surface area (Å²) in [7, 11) is 0. The first kappa shape index (κ1) is 20.3. The first-order chi connectivity index (χ1) is 13.5. The van der Waals surface area contributed by atoms with E-state index in [-0.39, 0.29) is 33.3 Å². The van der Waals surface area contributed by atoms with Crippen LogP contribution in [0.5, 0.6) is 23.0 Å². The fraction of sp³-hybridized carbons (Fsp3) is 0.261. The number of rotatable bonds is 4. The van der Waals surface area contributed by atoms with Gasteiger partial charge in [-0.1, -0.05) is 31.6 Å². The van der Waals surface area contributed by atoms with E-state index in [1.165, 1.54) is 12.1 Å². The predicted octanol–water partition coefficient (Wildman–Crippen LogP) is 4.74. The van der Waals surface area contributed by atoms with Crippen LogP contribution >= 0.6 is 0 Å². The second-order valence-corrected chi connectivity index (χ2v) is 7.94. The van der Waals surface area contributed by atoms with Crippen molar-refractivity contribution in [2.75, 3.05) is 0 Å². The molecule has 1 heterocycles. The predicted molar refractivity (Wildman–Crippen MR) is 113 cm³/mol. The Hall–Kier alpha value is -3.41. The van der Waals surface area contributed by atoms with Crippen molar-refractivity contribution in [1.82, 2.24) is 0 Å². The first-order valence-electron chi connectivity index (χ1n) is 9.16. The zero-order valence-electron chi connectivity index (χ0n) is 16.8. The summed E-state index contributed by atoms with van der Waals surface area (Å²) in [6.45, 7) is 11.0. The summed E-state index contributed by atoms with van der Waals surface area (Å²) < 4.78 is 5.67. The molecule has 4 N–H and O–H groups in total. The third-order valence-electron chi connectivity index (χ3n) is 5.11. The third-order valence-corrected chi connectivity index (χ3v) is 5.11. The van der Waals surface area contributed by atoms with E-state index in [1.54, 1.807) is 19.9 Å².